The normalized spacial score (nSPS) is 14.4. The number of fused-ring (bicyclic) bond motifs is 1. The summed E-state index contributed by atoms with van der Waals surface area (Å²) in [5.74, 6) is 0.332. The molecular weight excluding hydrogens is 236 g/mol. The molecule has 0 saturated heterocycles. The molecular formula is C16H18N2O. The topological polar surface area (TPSA) is 35.5 Å². The molecule has 0 unspecified atom stereocenters. The van der Waals surface area contributed by atoms with Crippen molar-refractivity contribution in [2.45, 2.75) is 13.0 Å². The first-order valence-electron chi connectivity index (χ1n) is 6.69. The third-order valence-electron chi connectivity index (χ3n) is 3.45. The number of nitrogens with zero attached hydrogens (tertiary/aromatic N) is 1. The Hall–Kier alpha value is -2.16. The van der Waals surface area contributed by atoms with Gasteiger partial charge in [0.1, 0.15) is 5.75 Å². The Bertz CT molecular complexity index is 568. The van der Waals surface area contributed by atoms with Crippen molar-refractivity contribution in [1.82, 2.24) is 0 Å². The molecule has 19 heavy (non-hydrogen) atoms. The summed E-state index contributed by atoms with van der Waals surface area (Å²) >= 11 is 0. The molecule has 0 fully saturated rings. The minimum atomic E-state index is 0.332. The van der Waals surface area contributed by atoms with Gasteiger partial charge in [0.05, 0.1) is 11.4 Å². The first-order valence-corrected chi connectivity index (χ1v) is 6.69. The molecule has 0 atom stereocenters. The summed E-state index contributed by atoms with van der Waals surface area (Å²) < 4.78 is 0. The third-order valence-corrected chi connectivity index (χ3v) is 3.45. The van der Waals surface area contributed by atoms with Crippen LogP contribution < -0.4 is 10.2 Å². The van der Waals surface area contributed by atoms with Gasteiger partial charge in [-0.25, -0.2) is 0 Å². The van der Waals surface area contributed by atoms with Crippen LogP contribution in [0.25, 0.3) is 0 Å². The second-order valence-electron chi connectivity index (χ2n) is 4.89. The van der Waals surface area contributed by atoms with E-state index < -0.39 is 0 Å². The Kier molecular flexibility index (Phi) is 3.27. The van der Waals surface area contributed by atoms with Gasteiger partial charge in [0.25, 0.3) is 0 Å². The fourth-order valence-electron chi connectivity index (χ4n) is 2.55. The second-order valence-corrected chi connectivity index (χ2v) is 4.89. The molecule has 98 valence electrons. The van der Waals surface area contributed by atoms with Crippen LogP contribution in [0.15, 0.2) is 48.5 Å². The van der Waals surface area contributed by atoms with Gasteiger partial charge in [-0.2, -0.15) is 0 Å². The SMILES string of the molecule is Oc1cccc(CN2CCCNc3ccccc32)c1. The number of benzene rings is 2. The summed E-state index contributed by atoms with van der Waals surface area (Å²) in [6.07, 6.45) is 1.12. The predicted molar refractivity (Wildman–Crippen MR) is 78.7 cm³/mol. The Labute approximate surface area is 113 Å². The maximum absolute atomic E-state index is 9.56. The van der Waals surface area contributed by atoms with Crippen LogP contribution in [-0.4, -0.2) is 18.2 Å². The van der Waals surface area contributed by atoms with Crippen LogP contribution in [0.2, 0.25) is 0 Å². The lowest BCUT2D eigenvalue weighted by atomic mass is 10.1. The molecule has 0 bridgehead atoms. The van der Waals surface area contributed by atoms with Gasteiger partial charge < -0.3 is 15.3 Å². The monoisotopic (exact) mass is 254 g/mol. The van der Waals surface area contributed by atoms with Crippen LogP contribution in [0.4, 0.5) is 11.4 Å². The average Bonchev–Trinajstić information content (AvgIpc) is 2.62. The van der Waals surface area contributed by atoms with Gasteiger partial charge in [0, 0.05) is 19.6 Å². The van der Waals surface area contributed by atoms with E-state index in [1.54, 1.807) is 6.07 Å². The molecule has 0 aliphatic carbocycles. The van der Waals surface area contributed by atoms with Crippen molar-refractivity contribution in [2.24, 2.45) is 0 Å². The molecule has 3 nitrogen and oxygen atoms in total. The van der Waals surface area contributed by atoms with Crippen molar-refractivity contribution in [3.05, 3.63) is 54.1 Å². The van der Waals surface area contributed by atoms with Crippen molar-refractivity contribution in [3.63, 3.8) is 0 Å². The fourth-order valence-corrected chi connectivity index (χ4v) is 2.55. The molecule has 0 aromatic heterocycles. The number of aromatic hydroxyl groups is 1. The van der Waals surface area contributed by atoms with E-state index in [-0.39, 0.29) is 0 Å². The maximum atomic E-state index is 9.56. The summed E-state index contributed by atoms with van der Waals surface area (Å²) in [6, 6.07) is 15.9. The number of phenolic OH excluding ortho intramolecular Hbond substituents is 1. The summed E-state index contributed by atoms with van der Waals surface area (Å²) in [6.45, 7) is 2.86. The van der Waals surface area contributed by atoms with Crippen LogP contribution in [0.1, 0.15) is 12.0 Å². The molecule has 3 rings (SSSR count). The van der Waals surface area contributed by atoms with E-state index in [1.165, 1.54) is 11.4 Å². The van der Waals surface area contributed by atoms with E-state index in [1.807, 2.05) is 12.1 Å². The minimum Gasteiger partial charge on any atom is -0.508 e. The van der Waals surface area contributed by atoms with Gasteiger partial charge in [0.15, 0.2) is 0 Å². The van der Waals surface area contributed by atoms with E-state index >= 15 is 0 Å². The highest BCUT2D eigenvalue weighted by molar-refractivity contribution is 5.70. The van der Waals surface area contributed by atoms with E-state index in [0.29, 0.717) is 5.75 Å². The zero-order chi connectivity index (χ0) is 13.1. The van der Waals surface area contributed by atoms with E-state index in [4.69, 9.17) is 0 Å². The Morgan fingerprint density at radius 3 is 2.89 bits per heavy atom. The van der Waals surface area contributed by atoms with E-state index in [0.717, 1.165) is 31.6 Å². The molecule has 0 saturated carbocycles. The number of para-hydroxylation sites is 2. The smallest absolute Gasteiger partial charge is 0.115 e. The summed E-state index contributed by atoms with van der Waals surface area (Å²) in [5, 5.41) is 13.0. The van der Waals surface area contributed by atoms with Gasteiger partial charge in [0.2, 0.25) is 0 Å². The second kappa shape index (κ2) is 5.22. The molecule has 1 aliphatic rings. The zero-order valence-corrected chi connectivity index (χ0v) is 10.8. The maximum Gasteiger partial charge on any atom is 0.115 e. The number of anilines is 2. The number of nitrogens with one attached hydrogen (secondary N) is 1. The standard InChI is InChI=1S/C16H18N2O/c19-14-6-3-5-13(11-14)12-18-10-4-9-17-15-7-1-2-8-16(15)18/h1-3,5-8,11,17,19H,4,9-10,12H2. The Morgan fingerprint density at radius 2 is 2.00 bits per heavy atom. The number of rotatable bonds is 2. The van der Waals surface area contributed by atoms with Gasteiger partial charge in [-0.05, 0) is 36.2 Å². The highest BCUT2D eigenvalue weighted by Crippen LogP contribution is 2.29. The lowest BCUT2D eigenvalue weighted by molar-refractivity contribution is 0.474. The minimum absolute atomic E-state index is 0.332. The lowest BCUT2D eigenvalue weighted by Crippen LogP contribution is -2.23. The van der Waals surface area contributed by atoms with Crippen molar-refractivity contribution in [2.75, 3.05) is 23.3 Å². The Balaban J connectivity index is 1.88. The van der Waals surface area contributed by atoms with Crippen molar-refractivity contribution < 1.29 is 5.11 Å². The van der Waals surface area contributed by atoms with Crippen LogP contribution in [0, 0.1) is 0 Å². The molecule has 0 spiro atoms. The van der Waals surface area contributed by atoms with Gasteiger partial charge in [-0.1, -0.05) is 24.3 Å². The molecule has 3 heteroatoms. The number of hydrogen-bond donors (Lipinski definition) is 2. The Morgan fingerprint density at radius 1 is 1.11 bits per heavy atom. The zero-order valence-electron chi connectivity index (χ0n) is 10.8. The molecule has 2 N–H and O–H groups in total. The lowest BCUT2D eigenvalue weighted by Gasteiger charge is -2.24. The van der Waals surface area contributed by atoms with Crippen LogP contribution in [-0.2, 0) is 6.54 Å². The van der Waals surface area contributed by atoms with E-state index in [9.17, 15) is 5.11 Å². The predicted octanol–water partition coefficient (Wildman–Crippen LogP) is 3.21. The molecule has 1 heterocycles. The first kappa shape index (κ1) is 11.9. The summed E-state index contributed by atoms with van der Waals surface area (Å²) in [4.78, 5) is 2.37. The highest BCUT2D eigenvalue weighted by Gasteiger charge is 2.14. The molecule has 0 radical (unpaired) electrons. The molecule has 1 aliphatic heterocycles. The molecule has 2 aromatic rings. The summed E-state index contributed by atoms with van der Waals surface area (Å²) in [7, 11) is 0. The third kappa shape index (κ3) is 2.65. The molecule has 2 aromatic carbocycles. The number of phenols is 1. The van der Waals surface area contributed by atoms with Gasteiger partial charge in [-0.3, -0.25) is 0 Å². The quantitative estimate of drug-likeness (QED) is 0.863. The van der Waals surface area contributed by atoms with Crippen LogP contribution in [0.3, 0.4) is 0 Å². The molecule has 0 amide bonds. The van der Waals surface area contributed by atoms with Crippen molar-refractivity contribution in [1.29, 1.82) is 0 Å². The van der Waals surface area contributed by atoms with Crippen molar-refractivity contribution >= 4 is 11.4 Å². The van der Waals surface area contributed by atoms with Crippen LogP contribution in [0.5, 0.6) is 5.75 Å². The fraction of sp³-hybridized carbons (Fsp3) is 0.250. The number of hydrogen-bond acceptors (Lipinski definition) is 3. The van der Waals surface area contributed by atoms with Gasteiger partial charge >= 0.3 is 0 Å². The van der Waals surface area contributed by atoms with Crippen LogP contribution >= 0.6 is 0 Å². The van der Waals surface area contributed by atoms with Gasteiger partial charge in [-0.15, -0.1) is 0 Å². The average molecular weight is 254 g/mol. The van der Waals surface area contributed by atoms with Crippen molar-refractivity contribution in [3.8, 4) is 5.75 Å². The first-order chi connectivity index (χ1) is 9.33. The summed E-state index contributed by atoms with van der Waals surface area (Å²) in [5.41, 5.74) is 3.57. The largest absolute Gasteiger partial charge is 0.508 e. The highest BCUT2D eigenvalue weighted by atomic mass is 16.3. The van der Waals surface area contributed by atoms with E-state index in [2.05, 4.69) is 40.5 Å².